The van der Waals surface area contributed by atoms with E-state index in [4.69, 9.17) is 45.8 Å². The van der Waals surface area contributed by atoms with Crippen molar-refractivity contribution in [3.8, 4) is 0 Å². The second-order valence-corrected chi connectivity index (χ2v) is 11.2. The standard InChI is InChI=1S/C25H31ClFNO10S/c1-12(2)37-23(31)35-10-33-21(29)19-16-7-14(9-39-15-5-6-18(27)17(26)8-15)25(28,20(16)19)22(30)34-11-36-24(32)38-13(3)4/h5-6,8,12-14,16,19-20H,7,9-11,28H2,1-4H3/t14-,16-,19-,20-,25-/m0/s1. The van der Waals surface area contributed by atoms with E-state index in [0.717, 1.165) is 0 Å². The topological polar surface area (TPSA) is 150 Å². The first-order chi connectivity index (χ1) is 18.3. The predicted molar refractivity (Wildman–Crippen MR) is 135 cm³/mol. The molecule has 0 bridgehead atoms. The van der Waals surface area contributed by atoms with Crippen molar-refractivity contribution < 1.29 is 52.0 Å². The van der Waals surface area contributed by atoms with Crippen LogP contribution in [0.4, 0.5) is 14.0 Å². The molecule has 0 saturated heterocycles. The summed E-state index contributed by atoms with van der Waals surface area (Å²) in [4.78, 5) is 49.7. The Morgan fingerprint density at radius 3 is 2.18 bits per heavy atom. The maximum Gasteiger partial charge on any atom is 0.511 e. The molecule has 0 amide bonds. The minimum atomic E-state index is -1.62. The Labute approximate surface area is 234 Å². The number of halogens is 2. The third-order valence-corrected chi connectivity index (χ3v) is 7.77. The lowest BCUT2D eigenvalue weighted by atomic mass is 9.82. The molecule has 0 spiro atoms. The van der Waals surface area contributed by atoms with Crippen LogP contribution in [0.25, 0.3) is 0 Å². The molecule has 216 valence electrons. The summed E-state index contributed by atoms with van der Waals surface area (Å²) in [5, 5.41) is -0.0413. The van der Waals surface area contributed by atoms with Crippen molar-refractivity contribution in [3.63, 3.8) is 0 Å². The fourth-order valence-electron chi connectivity index (χ4n) is 4.65. The Morgan fingerprint density at radius 1 is 1.03 bits per heavy atom. The molecule has 2 saturated carbocycles. The normalized spacial score (nSPS) is 25.1. The number of nitrogens with two attached hydrogens (primary N) is 1. The number of ether oxygens (including phenoxy) is 6. The second-order valence-electron chi connectivity index (χ2n) is 9.72. The molecular formula is C25H31ClFNO10S. The summed E-state index contributed by atoms with van der Waals surface area (Å²) >= 11 is 7.19. The van der Waals surface area contributed by atoms with Crippen molar-refractivity contribution in [2.24, 2.45) is 29.4 Å². The van der Waals surface area contributed by atoms with Crippen molar-refractivity contribution in [2.75, 3.05) is 19.3 Å². The molecule has 2 fully saturated rings. The molecule has 39 heavy (non-hydrogen) atoms. The third-order valence-electron chi connectivity index (χ3n) is 6.33. The minimum Gasteiger partial charge on any atom is -0.431 e. The van der Waals surface area contributed by atoms with Crippen molar-refractivity contribution in [1.82, 2.24) is 0 Å². The van der Waals surface area contributed by atoms with Crippen molar-refractivity contribution in [1.29, 1.82) is 0 Å². The summed E-state index contributed by atoms with van der Waals surface area (Å²) in [7, 11) is 0. The van der Waals surface area contributed by atoms with Crippen molar-refractivity contribution in [3.05, 3.63) is 29.0 Å². The molecule has 0 aromatic heterocycles. The largest absolute Gasteiger partial charge is 0.511 e. The number of esters is 2. The van der Waals surface area contributed by atoms with Gasteiger partial charge in [-0.1, -0.05) is 11.6 Å². The molecule has 0 unspecified atom stereocenters. The number of hydrogen-bond donors (Lipinski definition) is 1. The lowest BCUT2D eigenvalue weighted by Gasteiger charge is -2.32. The first-order valence-corrected chi connectivity index (χ1v) is 13.6. The fraction of sp³-hybridized carbons (Fsp3) is 0.600. The number of fused-ring (bicyclic) bond motifs is 1. The SMILES string of the molecule is CC(C)OC(=O)OCOC(=O)[C@H]1[C@@H]2C[C@@H](CSc3ccc(F)c(Cl)c3)[C@@](N)(C(=O)OCOC(=O)OC(C)C)[C@@H]21. The molecule has 14 heteroatoms. The van der Waals surface area contributed by atoms with Gasteiger partial charge in [0.25, 0.3) is 0 Å². The Kier molecular flexibility index (Phi) is 10.3. The van der Waals surface area contributed by atoms with Gasteiger partial charge in [0, 0.05) is 16.6 Å². The van der Waals surface area contributed by atoms with Gasteiger partial charge >= 0.3 is 24.2 Å². The van der Waals surface area contributed by atoms with Gasteiger partial charge in [-0.05, 0) is 64.2 Å². The molecule has 0 aliphatic heterocycles. The Bertz CT molecular complexity index is 1090. The second kappa shape index (κ2) is 13.1. The number of hydrogen-bond acceptors (Lipinski definition) is 12. The lowest BCUT2D eigenvalue weighted by molar-refractivity contribution is -0.163. The van der Waals surface area contributed by atoms with Crippen LogP contribution in [0, 0.1) is 29.5 Å². The fourth-order valence-corrected chi connectivity index (χ4v) is 6.06. The zero-order valence-electron chi connectivity index (χ0n) is 21.8. The zero-order valence-corrected chi connectivity index (χ0v) is 23.4. The van der Waals surface area contributed by atoms with Crippen molar-refractivity contribution in [2.45, 2.75) is 56.8 Å². The summed E-state index contributed by atoms with van der Waals surface area (Å²) in [5.41, 5.74) is 5.03. The highest BCUT2D eigenvalue weighted by molar-refractivity contribution is 7.99. The Hall–Kier alpha value is -2.77. The van der Waals surface area contributed by atoms with E-state index in [9.17, 15) is 23.6 Å². The average Bonchev–Trinajstić information content (AvgIpc) is 3.49. The summed E-state index contributed by atoms with van der Waals surface area (Å²) in [6.45, 7) is 5.14. The van der Waals surface area contributed by atoms with E-state index < -0.39 is 79.2 Å². The van der Waals surface area contributed by atoms with Crippen LogP contribution < -0.4 is 5.73 Å². The molecule has 1 aromatic rings. The molecule has 11 nitrogen and oxygen atoms in total. The predicted octanol–water partition coefficient (Wildman–Crippen LogP) is 4.28. The number of carbonyl (C=O) groups excluding carboxylic acids is 4. The monoisotopic (exact) mass is 591 g/mol. The first kappa shape index (κ1) is 30.8. The van der Waals surface area contributed by atoms with Crippen LogP contribution in [0.5, 0.6) is 0 Å². The molecule has 2 N–H and O–H groups in total. The molecule has 2 aliphatic carbocycles. The van der Waals surface area contributed by atoms with Crippen LogP contribution in [-0.2, 0) is 38.0 Å². The van der Waals surface area contributed by atoms with Gasteiger partial charge in [-0.15, -0.1) is 11.8 Å². The highest BCUT2D eigenvalue weighted by atomic mass is 35.5. The van der Waals surface area contributed by atoms with Gasteiger partial charge in [-0.3, -0.25) is 4.79 Å². The zero-order chi connectivity index (χ0) is 28.9. The van der Waals surface area contributed by atoms with Gasteiger partial charge in [0.1, 0.15) is 11.4 Å². The average molecular weight is 592 g/mol. The van der Waals surface area contributed by atoms with Gasteiger partial charge in [0.2, 0.25) is 13.6 Å². The van der Waals surface area contributed by atoms with E-state index in [2.05, 4.69) is 0 Å². The third kappa shape index (κ3) is 7.67. The minimum absolute atomic E-state index is 0.0413. The van der Waals surface area contributed by atoms with E-state index in [1.54, 1.807) is 33.8 Å². The summed E-state index contributed by atoms with van der Waals surface area (Å²) in [6, 6.07) is 4.25. The van der Waals surface area contributed by atoms with Gasteiger partial charge in [0.15, 0.2) is 0 Å². The number of benzene rings is 1. The molecule has 3 rings (SSSR count). The van der Waals surface area contributed by atoms with Gasteiger partial charge < -0.3 is 34.2 Å². The van der Waals surface area contributed by atoms with Crippen LogP contribution in [-0.4, -0.2) is 61.3 Å². The Balaban J connectivity index is 1.65. The molecule has 0 radical (unpaired) electrons. The highest BCUT2D eigenvalue weighted by Crippen LogP contribution is 2.64. The van der Waals surface area contributed by atoms with Crippen LogP contribution >= 0.6 is 23.4 Å². The smallest absolute Gasteiger partial charge is 0.431 e. The molecule has 5 atom stereocenters. The van der Waals surface area contributed by atoms with Gasteiger partial charge in [-0.2, -0.15) is 0 Å². The van der Waals surface area contributed by atoms with Crippen LogP contribution in [0.2, 0.25) is 5.02 Å². The van der Waals surface area contributed by atoms with E-state index in [0.29, 0.717) is 17.1 Å². The van der Waals surface area contributed by atoms with Crippen LogP contribution in [0.1, 0.15) is 34.1 Å². The lowest BCUT2D eigenvalue weighted by Crippen LogP contribution is -2.57. The van der Waals surface area contributed by atoms with Crippen molar-refractivity contribution >= 4 is 47.6 Å². The molecule has 2 aliphatic rings. The number of thioether (sulfide) groups is 1. The van der Waals surface area contributed by atoms with E-state index in [1.807, 2.05) is 0 Å². The van der Waals surface area contributed by atoms with Crippen LogP contribution in [0.3, 0.4) is 0 Å². The number of carbonyl (C=O) groups is 4. The van der Waals surface area contributed by atoms with E-state index in [-0.39, 0.29) is 10.9 Å². The first-order valence-electron chi connectivity index (χ1n) is 12.2. The quantitative estimate of drug-likeness (QED) is 0.169. The maximum atomic E-state index is 13.5. The molecule has 0 heterocycles. The molecule has 1 aromatic carbocycles. The van der Waals surface area contributed by atoms with E-state index in [1.165, 1.54) is 23.9 Å². The highest BCUT2D eigenvalue weighted by Gasteiger charge is 2.74. The van der Waals surface area contributed by atoms with Gasteiger partial charge in [0.05, 0.1) is 23.1 Å². The number of rotatable bonds is 11. The maximum absolute atomic E-state index is 13.5. The molecular weight excluding hydrogens is 561 g/mol. The van der Waals surface area contributed by atoms with Crippen LogP contribution in [0.15, 0.2) is 23.1 Å². The van der Waals surface area contributed by atoms with Gasteiger partial charge in [-0.25, -0.2) is 18.8 Å². The summed E-state index contributed by atoms with van der Waals surface area (Å²) in [5.74, 6) is -3.84. The summed E-state index contributed by atoms with van der Waals surface area (Å²) in [6.07, 6.45) is -2.45. The van der Waals surface area contributed by atoms with E-state index >= 15 is 0 Å². The summed E-state index contributed by atoms with van der Waals surface area (Å²) < 4.78 is 42.9. The Morgan fingerprint density at radius 2 is 1.62 bits per heavy atom.